The summed E-state index contributed by atoms with van der Waals surface area (Å²) in [7, 11) is -10.8. The number of piperazine rings is 1. The third kappa shape index (κ3) is 11.0. The van der Waals surface area contributed by atoms with E-state index in [9.17, 15) is 44.4 Å². The summed E-state index contributed by atoms with van der Waals surface area (Å²) in [5.74, 6) is -0.981. The number of halogens is 3. The van der Waals surface area contributed by atoms with Crippen molar-refractivity contribution in [3.05, 3.63) is 114 Å². The zero-order valence-corrected chi connectivity index (χ0v) is 36.0. The van der Waals surface area contributed by atoms with Crippen molar-refractivity contribution >= 4 is 60.7 Å². The van der Waals surface area contributed by atoms with E-state index >= 15 is 0 Å². The van der Waals surface area contributed by atoms with Gasteiger partial charge in [0.1, 0.15) is 4.90 Å². The van der Waals surface area contributed by atoms with Crippen LogP contribution in [0.3, 0.4) is 0 Å². The van der Waals surface area contributed by atoms with Gasteiger partial charge in [-0.15, -0.1) is 11.8 Å². The van der Waals surface area contributed by atoms with Crippen LogP contribution in [0.4, 0.5) is 24.5 Å². The van der Waals surface area contributed by atoms with Gasteiger partial charge in [-0.3, -0.25) is 19.7 Å². The number of carbonyl (C=O) groups is 3. The topological polar surface area (TPSA) is 165 Å². The monoisotopic (exact) mass is 912 g/mol. The lowest BCUT2D eigenvalue weighted by Gasteiger charge is -2.45. The Balaban J connectivity index is 0.964. The molecule has 7 rings (SSSR count). The Labute approximate surface area is 363 Å². The first-order chi connectivity index (χ1) is 29.6. The molecule has 330 valence electrons. The smallest absolute Gasteiger partial charge is 0.380 e. The maximum absolute atomic E-state index is 14.1. The van der Waals surface area contributed by atoms with E-state index in [0.717, 1.165) is 74.1 Å². The summed E-state index contributed by atoms with van der Waals surface area (Å²) in [6.45, 7) is 6.53. The Hall–Kier alpha value is -4.95. The second-order valence-electron chi connectivity index (χ2n) is 15.7. The van der Waals surface area contributed by atoms with Crippen LogP contribution in [-0.2, 0) is 29.4 Å². The molecule has 0 bridgehead atoms. The van der Waals surface area contributed by atoms with Crippen LogP contribution in [0.5, 0.6) is 0 Å². The maximum atomic E-state index is 14.1. The van der Waals surface area contributed by atoms with Crippen molar-refractivity contribution in [1.29, 1.82) is 0 Å². The molecular formula is C43H47F3N6O7S3. The molecular weight excluding hydrogens is 866 g/mol. The van der Waals surface area contributed by atoms with Crippen molar-refractivity contribution in [3.63, 3.8) is 0 Å². The van der Waals surface area contributed by atoms with Crippen LogP contribution in [0.15, 0.2) is 118 Å². The molecule has 3 aliphatic rings. The molecule has 0 saturated carbocycles. The first kappa shape index (κ1) is 45.1. The van der Waals surface area contributed by atoms with Crippen molar-refractivity contribution < 1.29 is 44.4 Å². The van der Waals surface area contributed by atoms with Gasteiger partial charge in [0, 0.05) is 92.6 Å². The van der Waals surface area contributed by atoms with Crippen molar-refractivity contribution in [2.75, 3.05) is 68.3 Å². The van der Waals surface area contributed by atoms with E-state index in [1.807, 2.05) is 59.3 Å². The Morgan fingerprint density at radius 1 is 0.839 bits per heavy atom. The van der Waals surface area contributed by atoms with Crippen molar-refractivity contribution in [1.82, 2.24) is 19.8 Å². The van der Waals surface area contributed by atoms with Crippen LogP contribution in [-0.4, -0.2) is 114 Å². The number of amides is 3. The van der Waals surface area contributed by atoms with E-state index in [1.54, 1.807) is 6.07 Å². The molecule has 0 spiro atoms. The number of rotatable bonds is 16. The Kier molecular flexibility index (Phi) is 14.0. The molecule has 2 atom stereocenters. The predicted molar refractivity (Wildman–Crippen MR) is 230 cm³/mol. The van der Waals surface area contributed by atoms with E-state index in [1.165, 1.54) is 36.0 Å². The molecule has 0 aromatic heterocycles. The fraction of sp³-hybridized carbons (Fsp3) is 0.372. The molecule has 13 nitrogen and oxygen atoms in total. The molecule has 4 aromatic carbocycles. The molecule has 3 amide bonds. The Morgan fingerprint density at radius 2 is 1.48 bits per heavy atom. The average Bonchev–Trinajstić information content (AvgIpc) is 3.23. The second-order valence-corrected chi connectivity index (χ2v) is 20.4. The number of carbonyl (C=O) groups excluding carboxylic acids is 3. The molecule has 1 unspecified atom stereocenters. The minimum absolute atomic E-state index is 0.0167. The Bertz CT molecular complexity index is 2450. The normalized spacial score (nSPS) is 18.8. The summed E-state index contributed by atoms with van der Waals surface area (Å²) in [5, 5.41) is 5.43. The highest BCUT2D eigenvalue weighted by molar-refractivity contribution is 7.99. The summed E-state index contributed by atoms with van der Waals surface area (Å²) in [4.78, 5) is 42.3. The quantitative estimate of drug-likeness (QED) is 0.0979. The number of piperidine rings is 1. The van der Waals surface area contributed by atoms with Gasteiger partial charge in [-0.1, -0.05) is 48.5 Å². The van der Waals surface area contributed by atoms with Crippen LogP contribution >= 0.6 is 11.8 Å². The number of imide groups is 1. The minimum Gasteiger partial charge on any atom is -0.380 e. The summed E-state index contributed by atoms with van der Waals surface area (Å²) < 4.78 is 96.5. The van der Waals surface area contributed by atoms with Gasteiger partial charge in [0.05, 0.1) is 16.5 Å². The molecule has 0 aliphatic carbocycles. The zero-order valence-electron chi connectivity index (χ0n) is 33.6. The first-order valence-corrected chi connectivity index (χ1v) is 24.2. The lowest BCUT2D eigenvalue weighted by atomic mass is 9.90. The zero-order chi connectivity index (χ0) is 44.1. The van der Waals surface area contributed by atoms with Crippen LogP contribution in [0.25, 0.3) is 0 Å². The minimum atomic E-state index is -6.05. The molecule has 62 heavy (non-hydrogen) atoms. The summed E-state index contributed by atoms with van der Waals surface area (Å²) >= 11 is 1.45. The van der Waals surface area contributed by atoms with Gasteiger partial charge in [0.25, 0.3) is 25.8 Å². The number of nitrogens with zero attached hydrogens (tertiary/aromatic N) is 3. The predicted octanol–water partition coefficient (Wildman–Crippen LogP) is 5.34. The lowest BCUT2D eigenvalue weighted by molar-refractivity contribution is -0.134. The Morgan fingerprint density at radius 3 is 2.13 bits per heavy atom. The van der Waals surface area contributed by atoms with E-state index in [0.29, 0.717) is 43.5 Å². The molecule has 0 radical (unpaired) electrons. The molecule has 3 aliphatic heterocycles. The maximum Gasteiger partial charge on any atom is 0.501 e. The van der Waals surface area contributed by atoms with Crippen molar-refractivity contribution in [2.45, 2.75) is 51.4 Å². The third-order valence-corrected chi connectivity index (χ3v) is 15.3. The number of anilines is 2. The van der Waals surface area contributed by atoms with Gasteiger partial charge in [-0.05, 0) is 73.0 Å². The highest BCUT2D eigenvalue weighted by atomic mass is 32.2. The van der Waals surface area contributed by atoms with E-state index in [4.69, 9.17) is 0 Å². The molecule has 19 heteroatoms. The summed E-state index contributed by atoms with van der Waals surface area (Å²) in [5.41, 5.74) is -4.17. The number of hydrogen-bond acceptors (Lipinski definition) is 12. The van der Waals surface area contributed by atoms with E-state index < -0.39 is 52.8 Å². The van der Waals surface area contributed by atoms with Gasteiger partial charge >= 0.3 is 5.51 Å². The fourth-order valence-electron chi connectivity index (χ4n) is 7.82. The van der Waals surface area contributed by atoms with Crippen LogP contribution < -0.4 is 20.3 Å². The van der Waals surface area contributed by atoms with E-state index in [2.05, 4.69) is 25.3 Å². The van der Waals surface area contributed by atoms with Gasteiger partial charge in [-0.2, -0.15) is 13.2 Å². The van der Waals surface area contributed by atoms with Gasteiger partial charge in [0.15, 0.2) is 0 Å². The molecule has 3 heterocycles. The number of nitrogens with one attached hydrogen (secondary N) is 3. The fourth-order valence-corrected chi connectivity index (χ4v) is 10.8. The number of hydrogen-bond donors (Lipinski definition) is 3. The number of alkyl halides is 3. The number of sulfonamides is 1. The van der Waals surface area contributed by atoms with Crippen LogP contribution in [0.1, 0.15) is 41.1 Å². The number of benzene rings is 4. The standard InChI is InChI=1S/C43H47F3N6O7S3/c44-43(45,46)61(56,57)39-25-36(62(58,59)49-41(54)32-7-3-1-4-8-32)15-17-38(39)47-33(29-60-35-9-5-2-6-10-35)19-20-50-21-23-51(24-22-50)26-30-27-52(28-30)34-13-11-31(12-14-34)37-16-18-40(53)48-42(37)55/h1-15,17,25,30,33,37,47H,16,18-24,26-29H2,(H,49,54)(H,48,53,55)/t33-,37?/m1/s1. The van der Waals surface area contributed by atoms with Gasteiger partial charge in [0.2, 0.25) is 11.8 Å². The van der Waals surface area contributed by atoms with Gasteiger partial charge in [-0.25, -0.2) is 21.6 Å². The summed E-state index contributed by atoms with van der Waals surface area (Å²) in [6.07, 6.45) is 1.29. The molecule has 3 saturated heterocycles. The van der Waals surface area contributed by atoms with Gasteiger partial charge < -0.3 is 20.0 Å². The van der Waals surface area contributed by atoms with Crippen molar-refractivity contribution in [3.8, 4) is 0 Å². The number of sulfone groups is 1. The molecule has 3 N–H and O–H groups in total. The SMILES string of the molecule is O=C1CCC(c2ccc(N3CC(CN4CCN(CC[C@H](CSc5ccccc5)Nc5ccc(S(=O)(=O)NC(=O)c6ccccc6)cc5S(=O)(=O)C(F)(F)F)CC4)C3)cc2)C(=O)N1. The second kappa shape index (κ2) is 19.2. The van der Waals surface area contributed by atoms with Crippen LogP contribution in [0, 0.1) is 5.92 Å². The third-order valence-electron chi connectivity index (χ3n) is 11.3. The molecule has 3 fully saturated rings. The highest BCUT2D eigenvalue weighted by Gasteiger charge is 2.48. The number of thioether (sulfide) groups is 1. The van der Waals surface area contributed by atoms with Crippen LogP contribution in [0.2, 0.25) is 0 Å². The summed E-state index contributed by atoms with van der Waals surface area (Å²) in [6, 6.07) is 26.5. The van der Waals surface area contributed by atoms with E-state index in [-0.39, 0.29) is 23.3 Å². The highest BCUT2D eigenvalue weighted by Crippen LogP contribution is 2.37. The average molecular weight is 913 g/mol. The van der Waals surface area contributed by atoms with Crippen molar-refractivity contribution in [2.24, 2.45) is 5.92 Å². The first-order valence-electron chi connectivity index (χ1n) is 20.2. The lowest BCUT2D eigenvalue weighted by Crippen LogP contribution is -2.55. The largest absolute Gasteiger partial charge is 0.501 e. The molecule has 4 aromatic rings.